The van der Waals surface area contributed by atoms with Crippen molar-refractivity contribution in [3.63, 3.8) is 0 Å². The van der Waals surface area contributed by atoms with Gasteiger partial charge in [-0.1, -0.05) is 42.4 Å². The average molecular weight is 523 g/mol. The lowest BCUT2D eigenvalue weighted by Gasteiger charge is -2.20. The SMILES string of the molecule is CCN(Cc1ccccc1)S(=O)(=O)c1ccc(C(=O)Nc2nnc(-c3cc(OC)cc(OC)c3)o2)cc1. The number of amides is 1. The first-order valence-corrected chi connectivity index (χ1v) is 12.8. The molecule has 0 unspecified atom stereocenters. The molecule has 0 saturated carbocycles. The van der Waals surface area contributed by atoms with Crippen LogP contribution in [0.25, 0.3) is 11.5 Å². The van der Waals surface area contributed by atoms with Crippen LogP contribution in [0.2, 0.25) is 0 Å². The number of rotatable bonds is 10. The molecule has 0 radical (unpaired) electrons. The van der Waals surface area contributed by atoms with Gasteiger partial charge in [0.2, 0.25) is 15.9 Å². The summed E-state index contributed by atoms with van der Waals surface area (Å²) in [6.07, 6.45) is 0. The van der Waals surface area contributed by atoms with Gasteiger partial charge in [0.05, 0.1) is 19.1 Å². The van der Waals surface area contributed by atoms with E-state index in [9.17, 15) is 13.2 Å². The topological polar surface area (TPSA) is 124 Å². The van der Waals surface area contributed by atoms with Gasteiger partial charge < -0.3 is 13.9 Å². The number of aromatic nitrogens is 2. The molecule has 0 saturated heterocycles. The summed E-state index contributed by atoms with van der Waals surface area (Å²) >= 11 is 0. The van der Waals surface area contributed by atoms with E-state index in [2.05, 4.69) is 15.5 Å². The fourth-order valence-electron chi connectivity index (χ4n) is 3.57. The van der Waals surface area contributed by atoms with Gasteiger partial charge in [0.25, 0.3) is 5.91 Å². The van der Waals surface area contributed by atoms with E-state index in [1.54, 1.807) is 25.1 Å². The molecule has 1 heterocycles. The predicted molar refractivity (Wildman–Crippen MR) is 137 cm³/mol. The third-order valence-electron chi connectivity index (χ3n) is 5.55. The van der Waals surface area contributed by atoms with Crippen LogP contribution in [0.4, 0.5) is 6.01 Å². The lowest BCUT2D eigenvalue weighted by atomic mass is 10.2. The van der Waals surface area contributed by atoms with Crippen molar-refractivity contribution in [2.75, 3.05) is 26.1 Å². The molecule has 1 N–H and O–H groups in total. The van der Waals surface area contributed by atoms with Crippen molar-refractivity contribution in [2.45, 2.75) is 18.4 Å². The molecule has 0 aliphatic heterocycles. The van der Waals surface area contributed by atoms with Gasteiger partial charge in [0, 0.05) is 30.3 Å². The fourth-order valence-corrected chi connectivity index (χ4v) is 5.01. The summed E-state index contributed by atoms with van der Waals surface area (Å²) in [6, 6.07) is 20.0. The summed E-state index contributed by atoms with van der Waals surface area (Å²) in [5.74, 6) is 0.711. The van der Waals surface area contributed by atoms with E-state index < -0.39 is 15.9 Å². The Hall–Kier alpha value is -4.22. The maximum atomic E-state index is 13.1. The van der Waals surface area contributed by atoms with Gasteiger partial charge in [-0.2, -0.15) is 4.31 Å². The van der Waals surface area contributed by atoms with Crippen LogP contribution in [0.15, 0.2) is 82.1 Å². The van der Waals surface area contributed by atoms with Crippen LogP contribution >= 0.6 is 0 Å². The Balaban J connectivity index is 1.47. The lowest BCUT2D eigenvalue weighted by Crippen LogP contribution is -2.30. The molecule has 0 spiro atoms. The van der Waals surface area contributed by atoms with Crippen LogP contribution in [0.5, 0.6) is 11.5 Å². The molecule has 0 atom stereocenters. The second-order valence-electron chi connectivity index (χ2n) is 7.91. The number of benzene rings is 3. The number of hydrogen-bond acceptors (Lipinski definition) is 8. The van der Waals surface area contributed by atoms with Crippen molar-refractivity contribution in [1.82, 2.24) is 14.5 Å². The van der Waals surface area contributed by atoms with Crippen LogP contribution in [0.1, 0.15) is 22.8 Å². The summed E-state index contributed by atoms with van der Waals surface area (Å²) in [5, 5.41) is 10.4. The molecule has 3 aromatic carbocycles. The second-order valence-corrected chi connectivity index (χ2v) is 9.85. The van der Waals surface area contributed by atoms with E-state index in [4.69, 9.17) is 13.9 Å². The van der Waals surface area contributed by atoms with Crippen molar-refractivity contribution in [3.05, 3.63) is 83.9 Å². The zero-order chi connectivity index (χ0) is 26.4. The van der Waals surface area contributed by atoms with Gasteiger partial charge >= 0.3 is 6.01 Å². The Morgan fingerprint density at radius 1 is 0.946 bits per heavy atom. The smallest absolute Gasteiger partial charge is 0.322 e. The zero-order valence-corrected chi connectivity index (χ0v) is 21.4. The minimum atomic E-state index is -3.75. The third kappa shape index (κ3) is 5.96. The maximum Gasteiger partial charge on any atom is 0.322 e. The molecule has 10 nitrogen and oxygen atoms in total. The molecule has 4 rings (SSSR count). The number of anilines is 1. The molecule has 0 fully saturated rings. The van der Waals surface area contributed by atoms with Gasteiger partial charge in [-0.3, -0.25) is 10.1 Å². The van der Waals surface area contributed by atoms with E-state index in [0.29, 0.717) is 23.6 Å². The number of carbonyl (C=O) groups excluding carboxylic acids is 1. The van der Waals surface area contributed by atoms with Crippen molar-refractivity contribution < 1.29 is 27.1 Å². The number of carbonyl (C=O) groups is 1. The molecule has 0 aliphatic carbocycles. The highest BCUT2D eigenvalue weighted by Gasteiger charge is 2.24. The van der Waals surface area contributed by atoms with Crippen molar-refractivity contribution in [2.24, 2.45) is 0 Å². The quantitative estimate of drug-likeness (QED) is 0.328. The molecule has 37 heavy (non-hydrogen) atoms. The Labute approximate surface area is 214 Å². The molecule has 0 bridgehead atoms. The molecular weight excluding hydrogens is 496 g/mol. The molecule has 4 aromatic rings. The highest BCUT2D eigenvalue weighted by Crippen LogP contribution is 2.29. The van der Waals surface area contributed by atoms with E-state index in [1.165, 1.54) is 42.8 Å². The normalized spacial score (nSPS) is 11.4. The monoisotopic (exact) mass is 522 g/mol. The maximum absolute atomic E-state index is 13.1. The molecule has 192 valence electrons. The second kappa shape index (κ2) is 11.2. The zero-order valence-electron chi connectivity index (χ0n) is 20.5. The fraction of sp³-hybridized carbons (Fsp3) is 0.192. The van der Waals surface area contributed by atoms with Crippen molar-refractivity contribution >= 4 is 21.9 Å². The van der Waals surface area contributed by atoms with E-state index in [-0.39, 0.29) is 28.9 Å². The van der Waals surface area contributed by atoms with Gasteiger partial charge in [-0.15, -0.1) is 5.10 Å². The molecule has 11 heteroatoms. The summed E-state index contributed by atoms with van der Waals surface area (Å²) in [4.78, 5) is 12.8. The Morgan fingerprint density at radius 2 is 1.59 bits per heavy atom. The number of hydrogen-bond donors (Lipinski definition) is 1. The van der Waals surface area contributed by atoms with Gasteiger partial charge in [0.1, 0.15) is 11.5 Å². The first kappa shape index (κ1) is 25.9. The van der Waals surface area contributed by atoms with E-state index in [0.717, 1.165) is 5.56 Å². The Bertz CT molecular complexity index is 1450. The summed E-state index contributed by atoms with van der Waals surface area (Å²) in [7, 11) is -0.698. The molecule has 0 aliphatic rings. The Kier molecular flexibility index (Phi) is 7.85. The first-order chi connectivity index (χ1) is 17.8. The van der Waals surface area contributed by atoms with E-state index in [1.807, 2.05) is 30.3 Å². The number of nitrogens with zero attached hydrogens (tertiary/aromatic N) is 3. The summed E-state index contributed by atoms with van der Waals surface area (Å²) < 4.78 is 43.7. The summed E-state index contributed by atoms with van der Waals surface area (Å²) in [6.45, 7) is 2.33. The van der Waals surface area contributed by atoms with Crippen molar-refractivity contribution in [3.8, 4) is 23.0 Å². The number of ether oxygens (including phenoxy) is 2. The van der Waals surface area contributed by atoms with Crippen LogP contribution < -0.4 is 14.8 Å². The third-order valence-corrected chi connectivity index (χ3v) is 7.49. The largest absolute Gasteiger partial charge is 0.497 e. The van der Waals surface area contributed by atoms with Gasteiger partial charge in [-0.25, -0.2) is 8.42 Å². The number of sulfonamides is 1. The first-order valence-electron chi connectivity index (χ1n) is 11.4. The molecule has 1 aromatic heterocycles. The highest BCUT2D eigenvalue weighted by molar-refractivity contribution is 7.89. The molecule has 1 amide bonds. The number of methoxy groups -OCH3 is 2. The minimum Gasteiger partial charge on any atom is -0.497 e. The highest BCUT2D eigenvalue weighted by atomic mass is 32.2. The Morgan fingerprint density at radius 3 is 2.19 bits per heavy atom. The van der Waals surface area contributed by atoms with Crippen molar-refractivity contribution in [1.29, 1.82) is 0 Å². The average Bonchev–Trinajstić information content (AvgIpc) is 3.40. The number of nitrogens with one attached hydrogen (secondary N) is 1. The minimum absolute atomic E-state index is 0.0916. The standard InChI is InChI=1S/C26H26N4O6S/c1-4-30(17-18-8-6-5-7-9-18)37(32,33)23-12-10-19(11-13-23)24(31)27-26-29-28-25(36-26)20-14-21(34-2)16-22(15-20)35-3/h5-16H,4,17H2,1-3H3,(H,27,29,31). The summed E-state index contributed by atoms with van der Waals surface area (Å²) in [5.41, 5.74) is 1.66. The van der Waals surface area contributed by atoms with Gasteiger partial charge in [-0.05, 0) is 42.0 Å². The van der Waals surface area contributed by atoms with Crippen LogP contribution in [-0.4, -0.2) is 49.6 Å². The lowest BCUT2D eigenvalue weighted by molar-refractivity contribution is 0.102. The molecular formula is C26H26N4O6S. The van der Waals surface area contributed by atoms with Crippen LogP contribution in [0, 0.1) is 0 Å². The predicted octanol–water partition coefficient (Wildman–Crippen LogP) is 4.22. The van der Waals surface area contributed by atoms with Crippen LogP contribution in [0.3, 0.4) is 0 Å². The van der Waals surface area contributed by atoms with E-state index >= 15 is 0 Å². The van der Waals surface area contributed by atoms with Crippen LogP contribution in [-0.2, 0) is 16.6 Å². The van der Waals surface area contributed by atoms with Gasteiger partial charge in [0.15, 0.2) is 0 Å².